The summed E-state index contributed by atoms with van der Waals surface area (Å²) in [7, 11) is 1.55. The Morgan fingerprint density at radius 3 is 2.75 bits per heavy atom. The van der Waals surface area contributed by atoms with Gasteiger partial charge in [-0.15, -0.1) is 0 Å². The number of nitrogens with zero attached hydrogens (tertiary/aromatic N) is 1. The number of carbonyl (C=O) groups is 1. The normalized spacial score (nSPS) is 10.7. The molecule has 1 heterocycles. The average Bonchev–Trinajstić information content (AvgIpc) is 2.90. The zero-order valence-corrected chi connectivity index (χ0v) is 10.7. The Morgan fingerprint density at radius 2 is 2.00 bits per heavy atom. The number of carboxylic acids is 1. The first kappa shape index (κ1) is 12.2. The molecule has 0 atom stereocenters. The van der Waals surface area contributed by atoms with Crippen molar-refractivity contribution in [3.63, 3.8) is 0 Å². The molecule has 1 aromatic heterocycles. The van der Waals surface area contributed by atoms with E-state index in [0.29, 0.717) is 22.4 Å². The van der Waals surface area contributed by atoms with Gasteiger partial charge in [-0.3, -0.25) is 0 Å². The van der Waals surface area contributed by atoms with Crippen LogP contribution in [0.5, 0.6) is 5.75 Å². The van der Waals surface area contributed by atoms with Crippen molar-refractivity contribution < 1.29 is 19.1 Å². The molecule has 20 heavy (non-hydrogen) atoms. The van der Waals surface area contributed by atoms with Gasteiger partial charge in [0.05, 0.1) is 18.2 Å². The van der Waals surface area contributed by atoms with Gasteiger partial charge in [0.25, 0.3) is 0 Å². The minimum Gasteiger partial charge on any atom is -0.494 e. The van der Waals surface area contributed by atoms with Crippen LogP contribution in [0.2, 0.25) is 0 Å². The molecule has 0 saturated heterocycles. The Labute approximate surface area is 114 Å². The van der Waals surface area contributed by atoms with Crippen LogP contribution < -0.4 is 4.74 Å². The number of aromatic nitrogens is 1. The van der Waals surface area contributed by atoms with Gasteiger partial charge in [-0.1, -0.05) is 18.2 Å². The van der Waals surface area contributed by atoms with Crippen molar-refractivity contribution in [1.82, 2.24) is 4.98 Å². The number of methoxy groups -OCH3 is 1. The Morgan fingerprint density at radius 1 is 1.20 bits per heavy atom. The highest BCUT2D eigenvalue weighted by Gasteiger charge is 2.17. The van der Waals surface area contributed by atoms with Gasteiger partial charge in [0.1, 0.15) is 5.75 Å². The molecule has 2 aromatic carbocycles. The van der Waals surface area contributed by atoms with Crippen LogP contribution in [0.25, 0.3) is 22.6 Å². The zero-order chi connectivity index (χ0) is 14.1. The van der Waals surface area contributed by atoms with E-state index in [2.05, 4.69) is 4.98 Å². The summed E-state index contributed by atoms with van der Waals surface area (Å²) in [5, 5.41) is 9.21. The average molecular weight is 269 g/mol. The first-order valence-electron chi connectivity index (χ1n) is 5.97. The summed E-state index contributed by atoms with van der Waals surface area (Å²) in [5.41, 5.74) is 1.72. The number of oxazole rings is 1. The summed E-state index contributed by atoms with van der Waals surface area (Å²) in [6, 6.07) is 11.9. The molecule has 0 aliphatic carbocycles. The molecule has 1 N–H and O–H groups in total. The summed E-state index contributed by atoms with van der Waals surface area (Å²) in [6.07, 6.45) is 0. The molecule has 3 rings (SSSR count). The maximum atomic E-state index is 11.2. The van der Waals surface area contributed by atoms with Gasteiger partial charge in [0.2, 0.25) is 5.89 Å². The number of hydrogen-bond donors (Lipinski definition) is 1. The van der Waals surface area contributed by atoms with Crippen LogP contribution in [0.1, 0.15) is 10.4 Å². The van der Waals surface area contributed by atoms with Crippen molar-refractivity contribution in [3.8, 4) is 17.2 Å². The molecule has 0 aliphatic heterocycles. The quantitative estimate of drug-likeness (QED) is 0.790. The highest BCUT2D eigenvalue weighted by molar-refractivity contribution is 5.95. The van der Waals surface area contributed by atoms with Crippen LogP contribution >= 0.6 is 0 Å². The third-order valence-corrected chi connectivity index (χ3v) is 2.99. The van der Waals surface area contributed by atoms with Crippen LogP contribution in [-0.4, -0.2) is 23.2 Å². The van der Waals surface area contributed by atoms with Gasteiger partial charge in [-0.25, -0.2) is 9.78 Å². The smallest absolute Gasteiger partial charge is 0.336 e. The van der Waals surface area contributed by atoms with Crippen molar-refractivity contribution in [1.29, 1.82) is 0 Å². The van der Waals surface area contributed by atoms with Gasteiger partial charge >= 0.3 is 5.97 Å². The monoisotopic (exact) mass is 269 g/mol. The first-order valence-corrected chi connectivity index (χ1v) is 5.97. The summed E-state index contributed by atoms with van der Waals surface area (Å²) in [5.74, 6) is -0.164. The molecule has 5 nitrogen and oxygen atoms in total. The number of rotatable bonds is 3. The molecule has 0 radical (unpaired) electrons. The lowest BCUT2D eigenvalue weighted by Gasteiger charge is -2.00. The van der Waals surface area contributed by atoms with Crippen LogP contribution in [0.4, 0.5) is 0 Å². The SMILES string of the molecule is COc1cccc2oc(-c3ccccc3C(=O)O)nc12. The number of ether oxygens (including phenoxy) is 1. The topological polar surface area (TPSA) is 72.6 Å². The minimum atomic E-state index is -1.02. The van der Waals surface area contributed by atoms with Gasteiger partial charge in [0.15, 0.2) is 11.1 Å². The summed E-state index contributed by atoms with van der Waals surface area (Å²) >= 11 is 0. The van der Waals surface area contributed by atoms with Crippen molar-refractivity contribution in [3.05, 3.63) is 48.0 Å². The Kier molecular flexibility index (Phi) is 2.87. The van der Waals surface area contributed by atoms with Gasteiger partial charge in [-0.2, -0.15) is 0 Å². The third-order valence-electron chi connectivity index (χ3n) is 2.99. The molecule has 0 unspecified atom stereocenters. The van der Waals surface area contributed by atoms with E-state index in [1.807, 2.05) is 0 Å². The number of hydrogen-bond acceptors (Lipinski definition) is 4. The first-order chi connectivity index (χ1) is 9.70. The molecule has 0 spiro atoms. The molecule has 0 bridgehead atoms. The second-order valence-corrected chi connectivity index (χ2v) is 4.18. The number of fused-ring (bicyclic) bond motifs is 1. The lowest BCUT2D eigenvalue weighted by molar-refractivity contribution is 0.0697. The highest BCUT2D eigenvalue weighted by Crippen LogP contribution is 2.31. The maximum Gasteiger partial charge on any atom is 0.336 e. The van der Waals surface area contributed by atoms with Crippen LogP contribution in [0, 0.1) is 0 Å². The fourth-order valence-corrected chi connectivity index (χ4v) is 2.06. The van der Waals surface area contributed by atoms with Crippen molar-refractivity contribution in [2.24, 2.45) is 0 Å². The standard InChI is InChI=1S/C15H11NO4/c1-19-11-7-4-8-12-13(11)16-14(20-12)9-5-2-3-6-10(9)15(17)18/h2-8H,1H3,(H,17,18). The van der Waals surface area contributed by atoms with Crippen LogP contribution in [-0.2, 0) is 0 Å². The van der Waals surface area contributed by atoms with E-state index in [4.69, 9.17) is 9.15 Å². The minimum absolute atomic E-state index is 0.151. The lowest BCUT2D eigenvalue weighted by Crippen LogP contribution is -1.98. The van der Waals surface area contributed by atoms with Gasteiger partial charge in [0, 0.05) is 0 Å². The molecular weight excluding hydrogens is 258 g/mol. The van der Waals surface area contributed by atoms with E-state index < -0.39 is 5.97 Å². The number of benzene rings is 2. The number of aromatic carboxylic acids is 1. The van der Waals surface area contributed by atoms with Crippen molar-refractivity contribution in [2.75, 3.05) is 7.11 Å². The fraction of sp³-hybridized carbons (Fsp3) is 0.0667. The van der Waals surface area contributed by atoms with E-state index in [0.717, 1.165) is 0 Å². The van der Waals surface area contributed by atoms with Crippen LogP contribution in [0.3, 0.4) is 0 Å². The highest BCUT2D eigenvalue weighted by atomic mass is 16.5. The summed E-state index contributed by atoms with van der Waals surface area (Å²) < 4.78 is 10.8. The predicted molar refractivity (Wildman–Crippen MR) is 73.0 cm³/mol. The van der Waals surface area contributed by atoms with Crippen molar-refractivity contribution >= 4 is 17.1 Å². The van der Waals surface area contributed by atoms with E-state index >= 15 is 0 Å². The van der Waals surface area contributed by atoms with E-state index in [-0.39, 0.29) is 11.5 Å². The molecule has 0 fully saturated rings. The summed E-state index contributed by atoms with van der Waals surface area (Å²) in [6.45, 7) is 0. The number of para-hydroxylation sites is 1. The summed E-state index contributed by atoms with van der Waals surface area (Å²) in [4.78, 5) is 15.6. The second kappa shape index (κ2) is 4.70. The van der Waals surface area contributed by atoms with Crippen LogP contribution in [0.15, 0.2) is 46.9 Å². The van der Waals surface area contributed by atoms with Gasteiger partial charge in [-0.05, 0) is 24.3 Å². The molecular formula is C15H11NO4. The van der Waals surface area contributed by atoms with E-state index in [9.17, 15) is 9.90 Å². The molecule has 0 amide bonds. The maximum absolute atomic E-state index is 11.2. The Bertz CT molecular complexity index is 791. The lowest BCUT2D eigenvalue weighted by atomic mass is 10.1. The molecule has 100 valence electrons. The molecule has 3 aromatic rings. The Hall–Kier alpha value is -2.82. The molecule has 5 heteroatoms. The predicted octanol–water partition coefficient (Wildman–Crippen LogP) is 3.20. The number of carboxylic acid groups (broad SMARTS) is 1. The second-order valence-electron chi connectivity index (χ2n) is 4.18. The molecule has 0 saturated carbocycles. The van der Waals surface area contributed by atoms with Crippen molar-refractivity contribution in [2.45, 2.75) is 0 Å². The van der Waals surface area contributed by atoms with E-state index in [1.165, 1.54) is 6.07 Å². The largest absolute Gasteiger partial charge is 0.494 e. The third kappa shape index (κ3) is 1.89. The zero-order valence-electron chi connectivity index (χ0n) is 10.7. The fourth-order valence-electron chi connectivity index (χ4n) is 2.06. The van der Waals surface area contributed by atoms with Gasteiger partial charge < -0.3 is 14.3 Å². The Balaban J connectivity index is 2.23. The van der Waals surface area contributed by atoms with E-state index in [1.54, 1.807) is 43.5 Å². The molecule has 0 aliphatic rings.